The molecule has 19 heavy (non-hydrogen) atoms. The molecule has 0 fully saturated rings. The van der Waals surface area contributed by atoms with Crippen molar-refractivity contribution < 1.29 is 4.74 Å². The molecule has 0 spiro atoms. The molecule has 0 bridgehead atoms. The summed E-state index contributed by atoms with van der Waals surface area (Å²) in [6, 6.07) is 6.10. The molecule has 2 rings (SSSR count). The molecule has 1 heterocycles. The largest absolute Gasteiger partial charge is 0.496 e. The summed E-state index contributed by atoms with van der Waals surface area (Å²) in [6.45, 7) is 5.60. The third kappa shape index (κ3) is 2.79. The fourth-order valence-corrected chi connectivity index (χ4v) is 2.25. The topological polar surface area (TPSA) is 53.1 Å². The van der Waals surface area contributed by atoms with Crippen LogP contribution >= 0.6 is 0 Å². The van der Waals surface area contributed by atoms with Crippen LogP contribution in [0.15, 0.2) is 24.4 Å². The van der Waals surface area contributed by atoms with Crippen LogP contribution < -0.4 is 10.5 Å². The van der Waals surface area contributed by atoms with Crippen molar-refractivity contribution in [1.29, 1.82) is 0 Å². The number of aromatic nitrogens is 2. The minimum atomic E-state index is 0.471. The molecule has 0 aliphatic heterocycles. The van der Waals surface area contributed by atoms with E-state index in [1.165, 1.54) is 0 Å². The van der Waals surface area contributed by atoms with E-state index in [4.69, 9.17) is 10.5 Å². The molecule has 2 aromatic rings. The molecule has 4 heteroatoms. The zero-order chi connectivity index (χ0) is 13.8. The summed E-state index contributed by atoms with van der Waals surface area (Å²) in [5, 5.41) is 4.53. The third-order valence-corrected chi connectivity index (χ3v) is 3.21. The second-order valence-electron chi connectivity index (χ2n) is 4.62. The predicted octanol–water partition coefficient (Wildman–Crippen LogP) is 2.74. The Kier molecular flexibility index (Phi) is 4.22. The van der Waals surface area contributed by atoms with Gasteiger partial charge < -0.3 is 10.5 Å². The molecule has 0 unspecified atom stereocenters. The summed E-state index contributed by atoms with van der Waals surface area (Å²) in [4.78, 5) is 0. The SMILES string of the molecule is CCCn1cc(-c2ccc(OC)c(CN)c2)c(C)n1. The number of rotatable bonds is 5. The highest BCUT2D eigenvalue weighted by molar-refractivity contribution is 5.67. The Balaban J connectivity index is 2.41. The van der Waals surface area contributed by atoms with Crippen molar-refractivity contribution >= 4 is 0 Å². The Morgan fingerprint density at radius 2 is 2.16 bits per heavy atom. The second-order valence-corrected chi connectivity index (χ2v) is 4.62. The summed E-state index contributed by atoms with van der Waals surface area (Å²) < 4.78 is 7.30. The molecule has 2 N–H and O–H groups in total. The zero-order valence-corrected chi connectivity index (χ0v) is 11.8. The summed E-state index contributed by atoms with van der Waals surface area (Å²) in [5.41, 5.74) is 10.1. The molecule has 1 aromatic heterocycles. The van der Waals surface area contributed by atoms with Crippen LogP contribution in [0.3, 0.4) is 0 Å². The van der Waals surface area contributed by atoms with E-state index in [9.17, 15) is 0 Å². The molecule has 0 amide bonds. The van der Waals surface area contributed by atoms with E-state index in [0.29, 0.717) is 6.54 Å². The molecule has 0 aliphatic rings. The predicted molar refractivity (Wildman–Crippen MR) is 77.1 cm³/mol. The Hall–Kier alpha value is -1.81. The molecular formula is C15H21N3O. The number of hydrogen-bond acceptors (Lipinski definition) is 3. The Morgan fingerprint density at radius 1 is 1.37 bits per heavy atom. The van der Waals surface area contributed by atoms with Crippen LogP contribution in [0.2, 0.25) is 0 Å². The normalized spacial score (nSPS) is 10.7. The van der Waals surface area contributed by atoms with Gasteiger partial charge in [-0.3, -0.25) is 4.68 Å². The van der Waals surface area contributed by atoms with Crippen LogP contribution in [0, 0.1) is 6.92 Å². The first kappa shape index (κ1) is 13.6. The first-order valence-electron chi connectivity index (χ1n) is 6.61. The first-order chi connectivity index (χ1) is 9.19. The number of aryl methyl sites for hydroxylation is 2. The molecule has 4 nitrogen and oxygen atoms in total. The number of nitrogens with zero attached hydrogens (tertiary/aromatic N) is 2. The molecule has 0 aliphatic carbocycles. The average Bonchev–Trinajstić information content (AvgIpc) is 2.79. The van der Waals surface area contributed by atoms with E-state index in [1.807, 2.05) is 17.7 Å². The van der Waals surface area contributed by atoms with Gasteiger partial charge >= 0.3 is 0 Å². The maximum atomic E-state index is 5.76. The van der Waals surface area contributed by atoms with E-state index in [0.717, 1.165) is 41.1 Å². The number of nitrogens with two attached hydrogens (primary N) is 1. The first-order valence-corrected chi connectivity index (χ1v) is 6.61. The van der Waals surface area contributed by atoms with E-state index in [1.54, 1.807) is 7.11 Å². The van der Waals surface area contributed by atoms with Crippen LogP contribution in [0.4, 0.5) is 0 Å². The minimum Gasteiger partial charge on any atom is -0.496 e. The third-order valence-electron chi connectivity index (χ3n) is 3.21. The van der Waals surface area contributed by atoms with Gasteiger partial charge in [0.05, 0.1) is 12.8 Å². The lowest BCUT2D eigenvalue weighted by molar-refractivity contribution is 0.410. The van der Waals surface area contributed by atoms with Crippen molar-refractivity contribution in [2.45, 2.75) is 33.4 Å². The van der Waals surface area contributed by atoms with E-state index in [-0.39, 0.29) is 0 Å². The number of ether oxygens (including phenoxy) is 1. The number of hydrogen-bond donors (Lipinski definition) is 1. The smallest absolute Gasteiger partial charge is 0.123 e. The number of methoxy groups -OCH3 is 1. The van der Waals surface area contributed by atoms with Crippen LogP contribution in [0.5, 0.6) is 5.75 Å². The highest BCUT2D eigenvalue weighted by atomic mass is 16.5. The maximum absolute atomic E-state index is 5.76. The van der Waals surface area contributed by atoms with Gasteiger partial charge in [0, 0.05) is 30.4 Å². The maximum Gasteiger partial charge on any atom is 0.123 e. The van der Waals surface area contributed by atoms with E-state index >= 15 is 0 Å². The molecule has 0 saturated carbocycles. The summed E-state index contributed by atoms with van der Waals surface area (Å²) in [5.74, 6) is 0.838. The fourth-order valence-electron chi connectivity index (χ4n) is 2.25. The van der Waals surface area contributed by atoms with Crippen LogP contribution in [-0.4, -0.2) is 16.9 Å². The second kappa shape index (κ2) is 5.89. The Labute approximate surface area is 114 Å². The van der Waals surface area contributed by atoms with Gasteiger partial charge in [0.25, 0.3) is 0 Å². The van der Waals surface area contributed by atoms with Crippen LogP contribution in [-0.2, 0) is 13.1 Å². The highest BCUT2D eigenvalue weighted by Crippen LogP contribution is 2.28. The van der Waals surface area contributed by atoms with Crippen LogP contribution in [0.1, 0.15) is 24.6 Å². The van der Waals surface area contributed by atoms with Gasteiger partial charge in [-0.25, -0.2) is 0 Å². The van der Waals surface area contributed by atoms with Crippen molar-refractivity contribution in [3.05, 3.63) is 35.7 Å². The monoisotopic (exact) mass is 259 g/mol. The van der Waals surface area contributed by atoms with Gasteiger partial charge in [-0.2, -0.15) is 5.10 Å². The van der Waals surface area contributed by atoms with Gasteiger partial charge in [0.15, 0.2) is 0 Å². The van der Waals surface area contributed by atoms with Crippen molar-refractivity contribution in [3.8, 4) is 16.9 Å². The molecule has 0 atom stereocenters. The van der Waals surface area contributed by atoms with Gasteiger partial charge in [-0.15, -0.1) is 0 Å². The summed E-state index contributed by atoms with van der Waals surface area (Å²) in [6.07, 6.45) is 3.18. The lowest BCUT2D eigenvalue weighted by Gasteiger charge is -2.08. The molecular weight excluding hydrogens is 238 g/mol. The summed E-state index contributed by atoms with van der Waals surface area (Å²) in [7, 11) is 1.67. The van der Waals surface area contributed by atoms with Gasteiger partial charge in [-0.05, 0) is 31.0 Å². The highest BCUT2D eigenvalue weighted by Gasteiger charge is 2.10. The van der Waals surface area contributed by atoms with Gasteiger partial charge in [-0.1, -0.05) is 13.0 Å². The average molecular weight is 259 g/mol. The fraction of sp³-hybridized carbons (Fsp3) is 0.400. The van der Waals surface area contributed by atoms with Crippen LogP contribution in [0.25, 0.3) is 11.1 Å². The lowest BCUT2D eigenvalue weighted by Crippen LogP contribution is -2.00. The van der Waals surface area contributed by atoms with Crippen molar-refractivity contribution in [3.63, 3.8) is 0 Å². The van der Waals surface area contributed by atoms with E-state index < -0.39 is 0 Å². The van der Waals surface area contributed by atoms with Crippen molar-refractivity contribution in [1.82, 2.24) is 9.78 Å². The van der Waals surface area contributed by atoms with Gasteiger partial charge in [0.1, 0.15) is 5.75 Å². The quantitative estimate of drug-likeness (QED) is 0.898. The van der Waals surface area contributed by atoms with E-state index in [2.05, 4.69) is 30.4 Å². The Morgan fingerprint density at radius 3 is 2.79 bits per heavy atom. The minimum absolute atomic E-state index is 0.471. The van der Waals surface area contributed by atoms with Gasteiger partial charge in [0.2, 0.25) is 0 Å². The molecule has 102 valence electrons. The Bertz CT molecular complexity index is 561. The summed E-state index contributed by atoms with van der Waals surface area (Å²) >= 11 is 0. The molecule has 0 saturated heterocycles. The van der Waals surface area contributed by atoms with Crippen molar-refractivity contribution in [2.24, 2.45) is 5.73 Å². The lowest BCUT2D eigenvalue weighted by atomic mass is 10.0. The zero-order valence-electron chi connectivity index (χ0n) is 11.8. The molecule has 1 aromatic carbocycles. The van der Waals surface area contributed by atoms with Crippen molar-refractivity contribution in [2.75, 3.05) is 7.11 Å². The molecule has 0 radical (unpaired) electrons. The number of benzene rings is 1. The standard InChI is InChI=1S/C15H21N3O/c1-4-7-18-10-14(11(2)17-18)12-5-6-15(19-3)13(8-12)9-16/h5-6,8,10H,4,7,9,16H2,1-3H3.